The summed E-state index contributed by atoms with van der Waals surface area (Å²) in [5.74, 6) is -0.505. The maximum absolute atomic E-state index is 12.8. The van der Waals surface area contributed by atoms with Crippen molar-refractivity contribution in [3.63, 3.8) is 0 Å². The van der Waals surface area contributed by atoms with Gasteiger partial charge in [0.1, 0.15) is 11.9 Å². The number of amides is 2. The third kappa shape index (κ3) is 4.45. The highest BCUT2D eigenvalue weighted by molar-refractivity contribution is 5.72. The predicted molar refractivity (Wildman–Crippen MR) is 71.3 cm³/mol. The predicted octanol–water partition coefficient (Wildman–Crippen LogP) is 3.65. The number of halogens is 6. The van der Waals surface area contributed by atoms with E-state index in [0.717, 1.165) is 0 Å². The zero-order valence-electron chi connectivity index (χ0n) is 12.2. The first-order valence-corrected chi connectivity index (χ1v) is 6.97. The Morgan fingerprint density at radius 1 is 1.00 bits per heavy atom. The molecule has 0 unspecified atom stereocenters. The lowest BCUT2D eigenvalue weighted by Crippen LogP contribution is -2.44. The molecule has 0 bridgehead atoms. The number of hydrogen-bond donors (Lipinski definition) is 1. The van der Waals surface area contributed by atoms with Crippen molar-refractivity contribution >= 4 is 6.03 Å². The Morgan fingerprint density at radius 3 is 1.83 bits per heavy atom. The molecule has 134 valence electrons. The summed E-state index contributed by atoms with van der Waals surface area (Å²) in [6.07, 6.45) is -9.91. The molecule has 1 aromatic rings. The van der Waals surface area contributed by atoms with Crippen LogP contribution < -0.4 is 10.5 Å². The van der Waals surface area contributed by atoms with Crippen LogP contribution in [0.5, 0.6) is 5.75 Å². The molecule has 2 N–H and O–H groups in total. The average Bonchev–Trinajstić information content (AvgIpc) is 2.45. The largest absolute Gasteiger partial charge is 0.490 e. The number of nitrogens with two attached hydrogens (primary N) is 1. The summed E-state index contributed by atoms with van der Waals surface area (Å²) in [5, 5.41) is 0. The Hall–Kier alpha value is -2.13. The van der Waals surface area contributed by atoms with E-state index in [0.29, 0.717) is 12.1 Å². The molecule has 1 aliphatic rings. The highest BCUT2D eigenvalue weighted by atomic mass is 19.4. The van der Waals surface area contributed by atoms with E-state index in [1.165, 1.54) is 4.90 Å². The lowest BCUT2D eigenvalue weighted by atomic mass is 10.1. The summed E-state index contributed by atoms with van der Waals surface area (Å²) < 4.78 is 81.9. The van der Waals surface area contributed by atoms with Crippen LogP contribution >= 0.6 is 0 Å². The van der Waals surface area contributed by atoms with Crippen LogP contribution in [-0.2, 0) is 12.4 Å². The molecule has 1 heterocycles. The molecule has 0 spiro atoms. The molecule has 0 saturated carbocycles. The topological polar surface area (TPSA) is 55.6 Å². The Kier molecular flexibility index (Phi) is 4.86. The van der Waals surface area contributed by atoms with Gasteiger partial charge < -0.3 is 15.4 Å². The number of alkyl halides is 6. The van der Waals surface area contributed by atoms with Crippen molar-refractivity contribution in [2.75, 3.05) is 13.1 Å². The van der Waals surface area contributed by atoms with E-state index in [-0.39, 0.29) is 32.0 Å². The average molecular weight is 356 g/mol. The number of rotatable bonds is 2. The number of likely N-dealkylation sites (tertiary alicyclic amines) is 1. The first kappa shape index (κ1) is 18.2. The molecule has 2 rings (SSSR count). The van der Waals surface area contributed by atoms with Crippen molar-refractivity contribution in [3.05, 3.63) is 29.3 Å². The van der Waals surface area contributed by atoms with Crippen molar-refractivity contribution < 1.29 is 35.9 Å². The summed E-state index contributed by atoms with van der Waals surface area (Å²) in [6, 6.07) is 0.486. The summed E-state index contributed by atoms with van der Waals surface area (Å²) in [6.45, 7) is 0.455. The summed E-state index contributed by atoms with van der Waals surface area (Å²) in [4.78, 5) is 12.3. The van der Waals surface area contributed by atoms with Crippen molar-refractivity contribution in [2.45, 2.75) is 31.3 Å². The third-order valence-corrected chi connectivity index (χ3v) is 3.62. The molecule has 1 aromatic carbocycles. The van der Waals surface area contributed by atoms with Gasteiger partial charge in [0, 0.05) is 25.9 Å². The van der Waals surface area contributed by atoms with Gasteiger partial charge in [0.2, 0.25) is 0 Å². The van der Waals surface area contributed by atoms with Gasteiger partial charge in [-0.3, -0.25) is 0 Å². The van der Waals surface area contributed by atoms with Gasteiger partial charge in [0.05, 0.1) is 11.1 Å². The van der Waals surface area contributed by atoms with Crippen LogP contribution in [0.3, 0.4) is 0 Å². The van der Waals surface area contributed by atoms with Gasteiger partial charge in [0.25, 0.3) is 0 Å². The molecular formula is C14H14F6N2O2. The number of benzene rings is 1. The van der Waals surface area contributed by atoms with Crippen LogP contribution in [0.25, 0.3) is 0 Å². The summed E-state index contributed by atoms with van der Waals surface area (Å²) in [5.41, 5.74) is 2.24. The molecule has 2 amide bonds. The fraction of sp³-hybridized carbons (Fsp3) is 0.500. The molecule has 1 fully saturated rings. The first-order chi connectivity index (χ1) is 11.0. The molecular weight excluding hydrogens is 342 g/mol. The second kappa shape index (κ2) is 6.40. The zero-order valence-corrected chi connectivity index (χ0v) is 12.2. The molecule has 0 atom stereocenters. The number of nitrogens with zero attached hydrogens (tertiary/aromatic N) is 1. The Morgan fingerprint density at radius 2 is 1.46 bits per heavy atom. The highest BCUT2D eigenvalue weighted by Crippen LogP contribution is 2.38. The van der Waals surface area contributed by atoms with Crippen LogP contribution in [-0.4, -0.2) is 30.1 Å². The summed E-state index contributed by atoms with van der Waals surface area (Å²) >= 11 is 0. The lowest BCUT2D eigenvalue weighted by Gasteiger charge is -2.31. The van der Waals surface area contributed by atoms with E-state index < -0.39 is 41.4 Å². The van der Waals surface area contributed by atoms with Gasteiger partial charge in [-0.1, -0.05) is 0 Å². The molecule has 1 saturated heterocycles. The zero-order chi connectivity index (χ0) is 18.1. The Bertz CT molecular complexity index is 574. The maximum atomic E-state index is 12.8. The SMILES string of the molecule is NC(=O)N1CCC(Oc2cc(C(F)(F)F)cc(C(F)(F)F)c2)CC1. The fourth-order valence-corrected chi connectivity index (χ4v) is 2.38. The number of ether oxygens (including phenoxy) is 1. The van der Waals surface area contributed by atoms with E-state index in [4.69, 9.17) is 10.5 Å². The standard InChI is InChI=1S/C14H14F6N2O2/c15-13(16,17)8-5-9(14(18,19)20)7-11(6-8)24-10-1-3-22(4-2-10)12(21)23/h5-7,10H,1-4H2,(H2,21,23). The van der Waals surface area contributed by atoms with Crippen LogP contribution in [0.15, 0.2) is 18.2 Å². The van der Waals surface area contributed by atoms with E-state index in [2.05, 4.69) is 0 Å². The second-order valence-electron chi connectivity index (χ2n) is 5.38. The number of urea groups is 1. The Balaban J connectivity index is 2.19. The van der Waals surface area contributed by atoms with E-state index in [1.54, 1.807) is 0 Å². The highest BCUT2D eigenvalue weighted by Gasteiger charge is 2.37. The minimum atomic E-state index is -4.92. The third-order valence-electron chi connectivity index (χ3n) is 3.62. The number of piperidine rings is 1. The van der Waals surface area contributed by atoms with Gasteiger partial charge in [-0.25, -0.2) is 4.79 Å². The maximum Gasteiger partial charge on any atom is 0.416 e. The van der Waals surface area contributed by atoms with Crippen LogP contribution in [0.4, 0.5) is 31.1 Å². The molecule has 10 heteroatoms. The Labute approximate surface area is 133 Å². The molecule has 4 nitrogen and oxygen atoms in total. The monoisotopic (exact) mass is 356 g/mol. The van der Waals surface area contributed by atoms with Crippen molar-refractivity contribution in [3.8, 4) is 5.75 Å². The van der Waals surface area contributed by atoms with Gasteiger partial charge in [-0.2, -0.15) is 26.3 Å². The van der Waals surface area contributed by atoms with E-state index in [1.807, 2.05) is 0 Å². The number of carbonyl (C=O) groups excluding carboxylic acids is 1. The lowest BCUT2D eigenvalue weighted by molar-refractivity contribution is -0.143. The number of hydrogen-bond acceptors (Lipinski definition) is 2. The van der Waals surface area contributed by atoms with E-state index >= 15 is 0 Å². The smallest absolute Gasteiger partial charge is 0.416 e. The van der Waals surface area contributed by atoms with Gasteiger partial charge in [-0.05, 0) is 18.2 Å². The first-order valence-electron chi connectivity index (χ1n) is 6.97. The summed E-state index contributed by atoms with van der Waals surface area (Å²) in [7, 11) is 0. The molecule has 0 aliphatic carbocycles. The molecule has 0 radical (unpaired) electrons. The fourth-order valence-electron chi connectivity index (χ4n) is 2.38. The van der Waals surface area contributed by atoms with Crippen molar-refractivity contribution in [2.24, 2.45) is 5.73 Å². The van der Waals surface area contributed by atoms with Crippen LogP contribution in [0.2, 0.25) is 0 Å². The van der Waals surface area contributed by atoms with Crippen LogP contribution in [0, 0.1) is 0 Å². The molecule has 1 aliphatic heterocycles. The molecule has 0 aromatic heterocycles. The minimum absolute atomic E-state index is 0.0442. The second-order valence-corrected chi connectivity index (χ2v) is 5.38. The van der Waals surface area contributed by atoms with Crippen molar-refractivity contribution in [1.29, 1.82) is 0 Å². The van der Waals surface area contributed by atoms with Gasteiger partial charge >= 0.3 is 18.4 Å². The molecule has 24 heavy (non-hydrogen) atoms. The quantitative estimate of drug-likeness (QED) is 0.823. The van der Waals surface area contributed by atoms with E-state index in [9.17, 15) is 31.1 Å². The van der Waals surface area contributed by atoms with Gasteiger partial charge in [0.15, 0.2) is 0 Å². The van der Waals surface area contributed by atoms with Crippen LogP contribution in [0.1, 0.15) is 24.0 Å². The van der Waals surface area contributed by atoms with Gasteiger partial charge in [-0.15, -0.1) is 0 Å². The minimum Gasteiger partial charge on any atom is -0.490 e. The number of primary amides is 1. The number of carbonyl (C=O) groups is 1. The van der Waals surface area contributed by atoms with Crippen molar-refractivity contribution in [1.82, 2.24) is 4.90 Å². The normalized spacial score (nSPS) is 17.0.